The van der Waals surface area contributed by atoms with E-state index in [2.05, 4.69) is 4.98 Å². The number of H-pyrrole nitrogens is 2. The number of hydrogen-bond donors (Lipinski definition) is 3. The van der Waals surface area contributed by atoms with E-state index in [0.717, 1.165) is 0 Å². The molecule has 0 aliphatic carbocycles. The highest BCUT2D eigenvalue weighted by atomic mass is 127. The van der Waals surface area contributed by atoms with Crippen LogP contribution >= 0.6 is 22.6 Å². The first-order valence-electron chi connectivity index (χ1n) is 6.09. The van der Waals surface area contributed by atoms with Crippen LogP contribution in [0.1, 0.15) is 11.3 Å². The van der Waals surface area contributed by atoms with Gasteiger partial charge < -0.3 is 14.8 Å². The van der Waals surface area contributed by atoms with Gasteiger partial charge in [0, 0.05) is 0 Å². The molecule has 3 N–H and O–H groups in total. The lowest BCUT2D eigenvalue weighted by Gasteiger charge is -2.06. The molecule has 0 aliphatic rings. The van der Waals surface area contributed by atoms with E-state index >= 15 is 0 Å². The van der Waals surface area contributed by atoms with E-state index in [9.17, 15) is 24.8 Å². The Morgan fingerprint density at radius 2 is 2.00 bits per heavy atom. The van der Waals surface area contributed by atoms with Crippen molar-refractivity contribution < 1.29 is 14.8 Å². The number of methoxy groups -OCH3 is 1. The van der Waals surface area contributed by atoms with Crippen molar-refractivity contribution in [1.82, 2.24) is 9.97 Å². The van der Waals surface area contributed by atoms with Crippen LogP contribution < -0.4 is 16.0 Å². The normalized spacial score (nSPS) is 10.9. The van der Waals surface area contributed by atoms with Gasteiger partial charge in [-0.25, -0.2) is 4.79 Å². The molecule has 1 aromatic carbocycles. The maximum absolute atomic E-state index is 11.5. The number of rotatable bonds is 4. The first-order chi connectivity index (χ1) is 10.8. The van der Waals surface area contributed by atoms with Crippen LogP contribution in [-0.2, 0) is 0 Å². The number of aromatic nitrogens is 2. The van der Waals surface area contributed by atoms with E-state index in [4.69, 9.17) is 4.74 Å². The number of nitro groups is 1. The zero-order chi connectivity index (χ0) is 17.1. The largest absolute Gasteiger partial charge is 0.504 e. The highest BCUT2D eigenvalue weighted by Crippen LogP contribution is 2.33. The van der Waals surface area contributed by atoms with Gasteiger partial charge in [-0.15, -0.1) is 0 Å². The molecule has 0 radical (unpaired) electrons. The lowest BCUT2D eigenvalue weighted by molar-refractivity contribution is -0.386. The van der Waals surface area contributed by atoms with E-state index in [1.54, 1.807) is 11.1 Å². The Balaban J connectivity index is 2.53. The third-order valence-corrected chi connectivity index (χ3v) is 3.66. The molecule has 0 saturated heterocycles. The number of aromatic hydroxyl groups is 1. The summed E-state index contributed by atoms with van der Waals surface area (Å²) in [4.78, 5) is 36.8. The smallest absolute Gasteiger partial charge is 0.357 e. The van der Waals surface area contributed by atoms with Crippen molar-refractivity contribution in [3.05, 3.63) is 57.9 Å². The molecular formula is C13H10IN3O6. The van der Waals surface area contributed by atoms with Crippen LogP contribution in [0.25, 0.3) is 12.2 Å². The molecule has 0 unspecified atom stereocenters. The summed E-state index contributed by atoms with van der Waals surface area (Å²) in [5.74, 6) is 0.200. The van der Waals surface area contributed by atoms with Crippen molar-refractivity contribution in [3.8, 4) is 11.5 Å². The maximum Gasteiger partial charge on any atom is 0.357 e. The molecule has 9 nitrogen and oxygen atoms in total. The minimum Gasteiger partial charge on any atom is -0.504 e. The molecule has 0 spiro atoms. The van der Waals surface area contributed by atoms with Gasteiger partial charge in [0.15, 0.2) is 11.5 Å². The summed E-state index contributed by atoms with van der Waals surface area (Å²) >= 11 is 1.90. The monoisotopic (exact) mass is 431 g/mol. The molecule has 23 heavy (non-hydrogen) atoms. The lowest BCUT2D eigenvalue weighted by Crippen LogP contribution is -2.25. The van der Waals surface area contributed by atoms with Gasteiger partial charge >= 0.3 is 16.9 Å². The predicted octanol–water partition coefficient (Wildman–Crippen LogP) is 1.46. The van der Waals surface area contributed by atoms with Crippen LogP contribution in [-0.4, -0.2) is 27.1 Å². The van der Waals surface area contributed by atoms with Gasteiger partial charge in [0.2, 0.25) is 0 Å². The second-order valence-corrected chi connectivity index (χ2v) is 5.48. The molecular weight excluding hydrogens is 421 g/mol. The molecule has 0 amide bonds. The van der Waals surface area contributed by atoms with Crippen LogP contribution in [0.4, 0.5) is 5.69 Å². The van der Waals surface area contributed by atoms with Crippen molar-refractivity contribution in [2.45, 2.75) is 0 Å². The highest BCUT2D eigenvalue weighted by molar-refractivity contribution is 14.1. The van der Waals surface area contributed by atoms with Gasteiger partial charge in [-0.3, -0.25) is 19.9 Å². The van der Waals surface area contributed by atoms with Crippen LogP contribution in [0, 0.1) is 13.7 Å². The first kappa shape index (κ1) is 16.7. The highest BCUT2D eigenvalue weighted by Gasteiger charge is 2.18. The number of hydrogen-bond acceptors (Lipinski definition) is 6. The lowest BCUT2D eigenvalue weighted by atomic mass is 10.1. The van der Waals surface area contributed by atoms with Crippen LogP contribution in [0.15, 0.2) is 21.7 Å². The first-order valence-corrected chi connectivity index (χ1v) is 7.17. The number of benzene rings is 1. The van der Waals surface area contributed by atoms with E-state index in [0.29, 0.717) is 9.13 Å². The zero-order valence-electron chi connectivity index (χ0n) is 11.6. The topological polar surface area (TPSA) is 138 Å². The number of aromatic amines is 2. The molecule has 0 fully saturated rings. The molecule has 0 bridgehead atoms. The Morgan fingerprint density at radius 3 is 2.61 bits per heavy atom. The molecule has 1 aromatic heterocycles. The average Bonchev–Trinajstić information content (AvgIpc) is 2.47. The summed E-state index contributed by atoms with van der Waals surface area (Å²) in [6.07, 6.45) is 2.68. The van der Waals surface area contributed by atoms with Crippen LogP contribution in [0.2, 0.25) is 0 Å². The molecule has 0 aliphatic heterocycles. The Labute approximate surface area is 141 Å². The summed E-state index contributed by atoms with van der Waals surface area (Å²) < 4.78 is 5.52. The fourth-order valence-corrected chi connectivity index (χ4v) is 2.45. The van der Waals surface area contributed by atoms with Crippen molar-refractivity contribution in [3.63, 3.8) is 0 Å². The fraction of sp³-hybridized carbons (Fsp3) is 0.0769. The van der Waals surface area contributed by atoms with Gasteiger partial charge in [0.1, 0.15) is 5.69 Å². The third-order valence-electron chi connectivity index (χ3n) is 2.84. The minimum atomic E-state index is -1.09. The van der Waals surface area contributed by atoms with Gasteiger partial charge in [-0.2, -0.15) is 0 Å². The number of phenolic OH excluding ortho intramolecular Hbond substituents is 1. The Kier molecular flexibility index (Phi) is 4.83. The maximum atomic E-state index is 11.5. The standard InChI is InChI=1S/C13H10IN3O6/c1-23-9-5-6(4-7(14)11(9)18)2-3-8-10(17(21)22)12(19)16-13(20)15-8/h2-5,18H,1H3,(H2,15,16,19,20). The number of ether oxygens (including phenoxy) is 1. The summed E-state index contributed by atoms with van der Waals surface area (Å²) in [5.41, 5.74) is -2.37. The Bertz CT molecular complexity index is 915. The van der Waals surface area contributed by atoms with Crippen molar-refractivity contribution in [2.24, 2.45) is 0 Å². The number of phenols is 1. The summed E-state index contributed by atoms with van der Waals surface area (Å²) in [6.45, 7) is 0. The summed E-state index contributed by atoms with van der Waals surface area (Å²) in [7, 11) is 1.39. The summed E-state index contributed by atoms with van der Waals surface area (Å²) in [6, 6.07) is 3.11. The predicted molar refractivity (Wildman–Crippen MR) is 90.6 cm³/mol. The van der Waals surface area contributed by atoms with Gasteiger partial charge in [-0.05, 0) is 46.4 Å². The third kappa shape index (κ3) is 3.59. The van der Waals surface area contributed by atoms with Crippen LogP contribution in [0.3, 0.4) is 0 Å². The molecule has 0 saturated carbocycles. The van der Waals surface area contributed by atoms with E-state index in [-0.39, 0.29) is 17.2 Å². The second-order valence-electron chi connectivity index (χ2n) is 4.31. The van der Waals surface area contributed by atoms with E-state index in [1.165, 1.54) is 25.3 Å². The summed E-state index contributed by atoms with van der Waals surface area (Å²) in [5, 5.41) is 20.7. The molecule has 10 heteroatoms. The van der Waals surface area contributed by atoms with Gasteiger partial charge in [0.05, 0.1) is 15.6 Å². The fourth-order valence-electron chi connectivity index (χ4n) is 1.82. The molecule has 1 heterocycles. The van der Waals surface area contributed by atoms with Crippen molar-refractivity contribution in [2.75, 3.05) is 7.11 Å². The van der Waals surface area contributed by atoms with Gasteiger partial charge in [0.25, 0.3) is 0 Å². The van der Waals surface area contributed by atoms with Crippen molar-refractivity contribution in [1.29, 1.82) is 0 Å². The van der Waals surface area contributed by atoms with E-state index < -0.39 is 21.9 Å². The van der Waals surface area contributed by atoms with E-state index in [1.807, 2.05) is 22.6 Å². The average molecular weight is 431 g/mol. The SMILES string of the molecule is COc1cc(C=Cc2[nH]c(=O)[nH]c(=O)c2[N+](=O)[O-])cc(I)c1O. The number of nitrogens with zero attached hydrogens (tertiary/aromatic N) is 1. The quantitative estimate of drug-likeness (QED) is 0.381. The molecule has 2 aromatic rings. The Morgan fingerprint density at radius 1 is 1.30 bits per heavy atom. The molecule has 120 valence electrons. The second kappa shape index (κ2) is 6.64. The zero-order valence-corrected chi connectivity index (χ0v) is 13.8. The van der Waals surface area contributed by atoms with Crippen molar-refractivity contribution >= 4 is 40.4 Å². The molecule has 2 rings (SSSR count). The van der Waals surface area contributed by atoms with Gasteiger partial charge in [-0.1, -0.05) is 6.08 Å². The minimum absolute atomic E-state index is 0.0270. The number of nitrogens with one attached hydrogen (secondary N) is 2. The number of halogens is 1. The molecule has 0 atom stereocenters. The van der Waals surface area contributed by atoms with Crippen LogP contribution in [0.5, 0.6) is 11.5 Å². The Hall–Kier alpha value is -2.63.